The van der Waals surface area contributed by atoms with Crippen LogP contribution in [0, 0.1) is 11.7 Å². The smallest absolute Gasteiger partial charge is 0.321 e. The highest BCUT2D eigenvalue weighted by molar-refractivity contribution is 5.98. The van der Waals surface area contributed by atoms with Gasteiger partial charge in [0.2, 0.25) is 5.91 Å². The molecule has 3 amide bonds. The molecule has 1 unspecified atom stereocenters. The van der Waals surface area contributed by atoms with Crippen molar-refractivity contribution >= 4 is 23.6 Å². The molecule has 7 nitrogen and oxygen atoms in total. The molecule has 1 fully saturated rings. The van der Waals surface area contributed by atoms with Crippen LogP contribution in [0.1, 0.15) is 26.2 Å². The first kappa shape index (κ1) is 18.2. The number of nitrogens with two attached hydrogens (primary N) is 1. The number of guanidine groups is 1. The molecule has 3 N–H and O–H groups in total. The summed E-state index contributed by atoms with van der Waals surface area (Å²) >= 11 is 0. The number of hydrogen-bond donors (Lipinski definition) is 2. The van der Waals surface area contributed by atoms with Crippen molar-refractivity contribution in [2.75, 3.05) is 25.5 Å². The number of amides is 3. The van der Waals surface area contributed by atoms with Crippen molar-refractivity contribution in [3.63, 3.8) is 0 Å². The molecule has 0 aromatic heterocycles. The average Bonchev–Trinajstić information content (AvgIpc) is 2.60. The number of benzene rings is 1. The van der Waals surface area contributed by atoms with E-state index >= 15 is 0 Å². The summed E-state index contributed by atoms with van der Waals surface area (Å²) in [7, 11) is 1.61. The van der Waals surface area contributed by atoms with Crippen LogP contribution in [-0.2, 0) is 4.79 Å². The predicted molar refractivity (Wildman–Crippen MR) is 97.1 cm³/mol. The SMILES string of the molecule is CN1C(=O)C[C@@](C)(C2CCCN(C(=O)Nc3cccc(F)c3)C2)N=C1N. The fraction of sp³-hybridized carbons (Fsp3) is 0.500. The van der Waals surface area contributed by atoms with Crippen LogP contribution in [0.15, 0.2) is 29.3 Å². The third kappa shape index (κ3) is 3.63. The Morgan fingerprint density at radius 2 is 2.23 bits per heavy atom. The van der Waals surface area contributed by atoms with Gasteiger partial charge in [-0.05, 0) is 38.0 Å². The van der Waals surface area contributed by atoms with Gasteiger partial charge in [-0.15, -0.1) is 0 Å². The van der Waals surface area contributed by atoms with Crippen molar-refractivity contribution in [2.24, 2.45) is 16.6 Å². The number of nitrogens with zero attached hydrogens (tertiary/aromatic N) is 3. The van der Waals surface area contributed by atoms with E-state index in [0.29, 0.717) is 18.8 Å². The number of rotatable bonds is 2. The van der Waals surface area contributed by atoms with E-state index in [-0.39, 0.29) is 30.2 Å². The molecular formula is C18H24FN5O2. The highest BCUT2D eigenvalue weighted by Crippen LogP contribution is 2.35. The lowest BCUT2D eigenvalue weighted by Gasteiger charge is -2.43. The maximum Gasteiger partial charge on any atom is 0.321 e. The van der Waals surface area contributed by atoms with E-state index in [9.17, 15) is 14.0 Å². The number of hydrogen-bond acceptors (Lipinski definition) is 4. The van der Waals surface area contributed by atoms with Crippen LogP contribution in [0.5, 0.6) is 0 Å². The first-order valence-electron chi connectivity index (χ1n) is 8.72. The molecule has 0 radical (unpaired) electrons. The highest BCUT2D eigenvalue weighted by Gasteiger charge is 2.43. The number of aliphatic imine (C=N–C) groups is 1. The van der Waals surface area contributed by atoms with Crippen LogP contribution in [-0.4, -0.2) is 53.4 Å². The second-order valence-electron chi connectivity index (χ2n) is 7.18. The van der Waals surface area contributed by atoms with Crippen LogP contribution in [0.3, 0.4) is 0 Å². The maximum absolute atomic E-state index is 13.3. The predicted octanol–water partition coefficient (Wildman–Crippen LogP) is 2.01. The third-order valence-corrected chi connectivity index (χ3v) is 5.26. The molecule has 26 heavy (non-hydrogen) atoms. The monoisotopic (exact) mass is 361 g/mol. The summed E-state index contributed by atoms with van der Waals surface area (Å²) in [5, 5.41) is 2.72. The van der Waals surface area contributed by atoms with Crippen molar-refractivity contribution in [3.05, 3.63) is 30.1 Å². The van der Waals surface area contributed by atoms with Gasteiger partial charge in [0, 0.05) is 31.7 Å². The van der Waals surface area contributed by atoms with Gasteiger partial charge >= 0.3 is 6.03 Å². The lowest BCUT2D eigenvalue weighted by atomic mass is 9.77. The third-order valence-electron chi connectivity index (χ3n) is 5.26. The molecule has 1 aromatic rings. The molecule has 0 saturated carbocycles. The van der Waals surface area contributed by atoms with Crippen molar-refractivity contribution < 1.29 is 14.0 Å². The van der Waals surface area contributed by atoms with Crippen molar-refractivity contribution in [1.82, 2.24) is 9.80 Å². The summed E-state index contributed by atoms with van der Waals surface area (Å²) in [5.74, 6) is -0.224. The zero-order valence-corrected chi connectivity index (χ0v) is 15.0. The number of carbonyl (C=O) groups is 2. The number of carbonyl (C=O) groups excluding carboxylic acids is 2. The second-order valence-corrected chi connectivity index (χ2v) is 7.18. The Morgan fingerprint density at radius 1 is 1.46 bits per heavy atom. The van der Waals surface area contributed by atoms with Gasteiger partial charge in [0.05, 0.1) is 12.0 Å². The number of piperidine rings is 1. The molecule has 1 saturated heterocycles. The molecular weight excluding hydrogens is 337 g/mol. The Hall–Kier alpha value is -2.64. The molecule has 0 aliphatic carbocycles. The average molecular weight is 361 g/mol. The summed E-state index contributed by atoms with van der Waals surface area (Å²) in [6.07, 6.45) is 1.96. The number of halogens is 1. The minimum atomic E-state index is -0.620. The van der Waals surface area contributed by atoms with Crippen molar-refractivity contribution in [3.8, 4) is 0 Å². The Kier molecular flexibility index (Phi) is 4.84. The summed E-state index contributed by atoms with van der Waals surface area (Å²) in [4.78, 5) is 32.3. The normalized spacial score (nSPS) is 26.5. The highest BCUT2D eigenvalue weighted by atomic mass is 19.1. The quantitative estimate of drug-likeness (QED) is 0.844. The van der Waals surface area contributed by atoms with Crippen LogP contribution in [0.25, 0.3) is 0 Å². The lowest BCUT2D eigenvalue weighted by Crippen LogP contribution is -2.55. The van der Waals surface area contributed by atoms with E-state index in [1.54, 1.807) is 24.1 Å². The minimum absolute atomic E-state index is 0.0331. The van der Waals surface area contributed by atoms with Crippen molar-refractivity contribution in [2.45, 2.75) is 31.7 Å². The van der Waals surface area contributed by atoms with Crippen LogP contribution < -0.4 is 11.1 Å². The van der Waals surface area contributed by atoms with Gasteiger partial charge < -0.3 is 16.0 Å². The standard InChI is InChI=1S/C18H24FN5O2/c1-18(10-15(25)23(2)16(20)22-18)12-5-4-8-24(11-12)17(26)21-14-7-3-6-13(19)9-14/h3,6-7,9,12H,4-5,8,10-11H2,1-2H3,(H2,20,22)(H,21,26)/t12?,18-/m0/s1. The van der Waals surface area contributed by atoms with Crippen molar-refractivity contribution in [1.29, 1.82) is 0 Å². The molecule has 0 spiro atoms. The Balaban J connectivity index is 1.71. The lowest BCUT2D eigenvalue weighted by molar-refractivity contribution is -0.129. The first-order valence-corrected chi connectivity index (χ1v) is 8.72. The zero-order chi connectivity index (χ0) is 18.9. The van der Waals surface area contributed by atoms with E-state index in [1.165, 1.54) is 17.0 Å². The molecule has 2 aliphatic heterocycles. The zero-order valence-electron chi connectivity index (χ0n) is 15.0. The molecule has 2 heterocycles. The molecule has 2 aliphatic rings. The van der Waals surface area contributed by atoms with Gasteiger partial charge in [-0.3, -0.25) is 9.69 Å². The first-order chi connectivity index (χ1) is 12.3. The van der Waals surface area contributed by atoms with E-state index in [4.69, 9.17) is 5.73 Å². The molecule has 8 heteroatoms. The number of likely N-dealkylation sites (tertiary alicyclic amines) is 1. The molecule has 140 valence electrons. The van der Waals surface area contributed by atoms with E-state index in [1.807, 2.05) is 6.92 Å². The topological polar surface area (TPSA) is 91.0 Å². The number of nitrogens with one attached hydrogen (secondary N) is 1. The minimum Gasteiger partial charge on any atom is -0.369 e. The van der Waals surface area contributed by atoms with Crippen LogP contribution in [0.4, 0.5) is 14.9 Å². The fourth-order valence-corrected chi connectivity index (χ4v) is 3.60. The maximum atomic E-state index is 13.3. The van der Waals surface area contributed by atoms with E-state index in [0.717, 1.165) is 12.8 Å². The number of urea groups is 1. The largest absolute Gasteiger partial charge is 0.369 e. The van der Waals surface area contributed by atoms with E-state index in [2.05, 4.69) is 10.3 Å². The summed E-state index contributed by atoms with van der Waals surface area (Å²) in [6, 6.07) is 5.52. The molecule has 1 aromatic carbocycles. The van der Waals surface area contributed by atoms with Gasteiger partial charge in [0.1, 0.15) is 5.82 Å². The fourth-order valence-electron chi connectivity index (χ4n) is 3.60. The summed E-state index contributed by atoms with van der Waals surface area (Å²) < 4.78 is 13.3. The van der Waals surface area contributed by atoms with Gasteiger partial charge in [0.25, 0.3) is 0 Å². The van der Waals surface area contributed by atoms with Crippen LogP contribution in [0.2, 0.25) is 0 Å². The van der Waals surface area contributed by atoms with Gasteiger partial charge in [-0.1, -0.05) is 6.07 Å². The summed E-state index contributed by atoms with van der Waals surface area (Å²) in [5.41, 5.74) is 5.69. The Bertz CT molecular complexity index is 753. The van der Waals surface area contributed by atoms with Crippen LogP contribution >= 0.6 is 0 Å². The van der Waals surface area contributed by atoms with Gasteiger partial charge in [0.15, 0.2) is 5.96 Å². The van der Waals surface area contributed by atoms with Gasteiger partial charge in [-0.2, -0.15) is 0 Å². The number of anilines is 1. The molecule has 0 bridgehead atoms. The Labute approximate surface area is 152 Å². The molecule has 3 rings (SSSR count). The van der Waals surface area contributed by atoms with E-state index < -0.39 is 11.4 Å². The molecule has 2 atom stereocenters. The Morgan fingerprint density at radius 3 is 2.92 bits per heavy atom. The van der Waals surface area contributed by atoms with Gasteiger partial charge in [-0.25, -0.2) is 14.2 Å². The summed E-state index contributed by atoms with van der Waals surface area (Å²) in [6.45, 7) is 3.01. The second kappa shape index (κ2) is 6.93.